The second-order valence-corrected chi connectivity index (χ2v) is 11.4. The van der Waals surface area contributed by atoms with Crippen LogP contribution in [0.25, 0.3) is 0 Å². The Labute approximate surface area is 251 Å². The van der Waals surface area contributed by atoms with E-state index in [4.69, 9.17) is 9.26 Å². The molecule has 1 aliphatic heterocycles. The molecule has 0 aliphatic carbocycles. The Bertz CT molecular complexity index is 1230. The smallest absolute Gasteiger partial charge is 0.305 e. The highest BCUT2D eigenvalue weighted by Crippen LogP contribution is 2.23. The Morgan fingerprint density at radius 3 is 2.49 bits per heavy atom. The van der Waals surface area contributed by atoms with E-state index >= 15 is 0 Å². The van der Waals surface area contributed by atoms with Crippen molar-refractivity contribution >= 4 is 23.6 Å². The molecule has 1 fully saturated rings. The average Bonchev–Trinajstić information content (AvgIpc) is 3.58. The van der Waals surface area contributed by atoms with Crippen molar-refractivity contribution in [2.45, 2.75) is 84.5 Å². The van der Waals surface area contributed by atoms with Gasteiger partial charge in [0.1, 0.15) is 17.8 Å². The van der Waals surface area contributed by atoms with E-state index < -0.39 is 41.9 Å². The maximum Gasteiger partial charge on any atom is 0.305 e. The molecule has 1 saturated heterocycles. The predicted molar refractivity (Wildman–Crippen MR) is 155 cm³/mol. The highest BCUT2D eigenvalue weighted by atomic mass is 19.1. The third-order valence-corrected chi connectivity index (χ3v) is 7.63. The first-order chi connectivity index (χ1) is 20.5. The summed E-state index contributed by atoms with van der Waals surface area (Å²) in [4.78, 5) is 52.3. The van der Waals surface area contributed by atoms with Crippen molar-refractivity contribution in [2.75, 3.05) is 13.2 Å². The zero-order valence-electron chi connectivity index (χ0n) is 25.2. The van der Waals surface area contributed by atoms with Crippen LogP contribution in [0.5, 0.6) is 0 Å². The molecule has 5 atom stereocenters. The molecule has 3 rings (SSSR count). The van der Waals surface area contributed by atoms with Gasteiger partial charge in [-0.15, -0.1) is 0 Å². The van der Waals surface area contributed by atoms with E-state index in [0.29, 0.717) is 37.1 Å². The largest absolute Gasteiger partial charge is 0.466 e. The molecular formula is C31H43FN4O7. The lowest BCUT2D eigenvalue weighted by Gasteiger charge is -2.27. The molecule has 236 valence electrons. The van der Waals surface area contributed by atoms with Crippen LogP contribution in [0.2, 0.25) is 0 Å². The van der Waals surface area contributed by atoms with Gasteiger partial charge in [-0.05, 0) is 69.7 Å². The molecule has 12 heteroatoms. The number of nitrogens with one attached hydrogen (secondary N) is 3. The van der Waals surface area contributed by atoms with Gasteiger partial charge in [0.25, 0.3) is 5.91 Å². The summed E-state index contributed by atoms with van der Waals surface area (Å²) in [6.45, 7) is 7.83. The van der Waals surface area contributed by atoms with Crippen LogP contribution in [0.1, 0.15) is 74.7 Å². The first-order valence-electron chi connectivity index (χ1n) is 14.9. The van der Waals surface area contributed by atoms with Gasteiger partial charge in [0.15, 0.2) is 11.5 Å². The molecule has 11 nitrogen and oxygen atoms in total. The molecule has 4 N–H and O–H groups in total. The summed E-state index contributed by atoms with van der Waals surface area (Å²) in [7, 11) is 0. The van der Waals surface area contributed by atoms with Crippen molar-refractivity contribution in [1.29, 1.82) is 0 Å². The summed E-state index contributed by atoms with van der Waals surface area (Å²) >= 11 is 0. The highest BCUT2D eigenvalue weighted by molar-refractivity contribution is 5.97. The van der Waals surface area contributed by atoms with Crippen molar-refractivity contribution < 1.29 is 37.9 Å². The molecule has 1 aromatic carbocycles. The van der Waals surface area contributed by atoms with Crippen molar-refractivity contribution in [1.82, 2.24) is 21.1 Å². The van der Waals surface area contributed by atoms with E-state index in [1.165, 1.54) is 18.2 Å². The molecule has 2 amide bonds. The topological polar surface area (TPSA) is 160 Å². The monoisotopic (exact) mass is 602 g/mol. The minimum atomic E-state index is -0.896. The summed E-state index contributed by atoms with van der Waals surface area (Å²) in [6, 6.07) is 5.82. The molecule has 0 bridgehead atoms. The van der Waals surface area contributed by atoms with Crippen molar-refractivity contribution in [3.05, 3.63) is 53.2 Å². The van der Waals surface area contributed by atoms with Gasteiger partial charge in [0, 0.05) is 36.8 Å². The van der Waals surface area contributed by atoms with Gasteiger partial charge in [-0.3, -0.25) is 24.5 Å². The molecule has 2 heterocycles. The van der Waals surface area contributed by atoms with Crippen LogP contribution >= 0.6 is 0 Å². The van der Waals surface area contributed by atoms with Crippen LogP contribution in [-0.4, -0.2) is 65.3 Å². The number of aliphatic hydroxyl groups is 1. The number of amides is 2. The molecule has 0 saturated carbocycles. The summed E-state index contributed by atoms with van der Waals surface area (Å²) < 4.78 is 23.6. The summed E-state index contributed by atoms with van der Waals surface area (Å²) in [5.41, 5.74) is 0.709. The maximum atomic E-state index is 13.8. The average molecular weight is 603 g/mol. The fourth-order valence-corrected chi connectivity index (χ4v) is 5.29. The predicted octanol–water partition coefficient (Wildman–Crippen LogP) is 2.84. The number of carbonyl (C=O) groups is 4. The van der Waals surface area contributed by atoms with E-state index in [-0.39, 0.29) is 55.2 Å². The third-order valence-electron chi connectivity index (χ3n) is 7.63. The number of aliphatic hydroxyl groups excluding tert-OH is 1. The molecule has 43 heavy (non-hydrogen) atoms. The summed E-state index contributed by atoms with van der Waals surface area (Å²) in [5, 5.41) is 22.7. The number of hydrogen-bond acceptors (Lipinski definition) is 9. The van der Waals surface area contributed by atoms with Crippen molar-refractivity contribution in [2.24, 2.45) is 17.8 Å². The van der Waals surface area contributed by atoms with Crippen LogP contribution in [0.15, 0.2) is 34.9 Å². The Balaban J connectivity index is 1.79. The van der Waals surface area contributed by atoms with Crippen LogP contribution in [0, 0.1) is 30.5 Å². The minimum absolute atomic E-state index is 0.0459. The van der Waals surface area contributed by atoms with E-state index in [9.17, 15) is 28.7 Å². The molecule has 0 radical (unpaired) electrons. The van der Waals surface area contributed by atoms with Gasteiger partial charge in [-0.25, -0.2) is 4.39 Å². The molecule has 0 spiro atoms. The number of esters is 1. The number of aromatic nitrogens is 1. The Morgan fingerprint density at radius 2 is 1.91 bits per heavy atom. The number of ether oxygens (including phenoxy) is 1. The van der Waals surface area contributed by atoms with Gasteiger partial charge >= 0.3 is 5.97 Å². The first kappa shape index (κ1) is 33.9. The van der Waals surface area contributed by atoms with Gasteiger partial charge in [0.2, 0.25) is 5.91 Å². The number of Topliss-reactive ketones (excluding diaryl/α,β-unsaturated/α-hetero) is 1. The fourth-order valence-electron chi connectivity index (χ4n) is 5.29. The second kappa shape index (κ2) is 16.3. The third kappa shape index (κ3) is 10.5. The maximum absolute atomic E-state index is 13.8. The lowest BCUT2D eigenvalue weighted by molar-refractivity contribution is -0.143. The molecule has 0 unspecified atom stereocenters. The second-order valence-electron chi connectivity index (χ2n) is 11.4. The van der Waals surface area contributed by atoms with Crippen molar-refractivity contribution in [3.63, 3.8) is 0 Å². The fraction of sp³-hybridized carbons (Fsp3) is 0.581. The van der Waals surface area contributed by atoms with E-state index in [0.717, 1.165) is 0 Å². The standard InChI is InChI=1S/C31H43FN4O7/c1-5-42-27(38)11-10-24(16-21-12-13-33-29(21)39)34-30(40)22(15-20-6-8-23(32)9-7-20)17-26(37)28(18(2)3)35-31(41)25-14-19(4)43-36-25/h6-9,14,18,21-22,24,28-29,33,39H,5,10-13,15-17H2,1-4H3,(H,34,40)(H,35,41)/t21-,22+,24+,28-,29+/m0/s1. The Hall–Kier alpha value is -3.64. The Kier molecular flexibility index (Phi) is 12.8. The van der Waals surface area contributed by atoms with Crippen LogP contribution < -0.4 is 16.0 Å². The van der Waals surface area contributed by atoms with E-state index in [1.807, 2.05) is 0 Å². The van der Waals surface area contributed by atoms with E-state index in [2.05, 4.69) is 21.1 Å². The number of halogens is 1. The Morgan fingerprint density at radius 1 is 1.19 bits per heavy atom. The first-order valence-corrected chi connectivity index (χ1v) is 14.9. The lowest BCUT2D eigenvalue weighted by atomic mass is 9.87. The number of carbonyl (C=O) groups excluding carboxylic acids is 4. The number of benzene rings is 1. The van der Waals surface area contributed by atoms with Crippen molar-refractivity contribution in [3.8, 4) is 0 Å². The highest BCUT2D eigenvalue weighted by Gasteiger charge is 2.33. The van der Waals surface area contributed by atoms with Gasteiger partial charge in [0.05, 0.1) is 12.6 Å². The quantitative estimate of drug-likeness (QED) is 0.212. The van der Waals surface area contributed by atoms with Crippen LogP contribution in [0.4, 0.5) is 4.39 Å². The summed E-state index contributed by atoms with van der Waals surface area (Å²) in [5.74, 6) is -2.92. The zero-order valence-corrected chi connectivity index (χ0v) is 25.2. The van der Waals surface area contributed by atoms with Crippen LogP contribution in [-0.2, 0) is 25.5 Å². The minimum Gasteiger partial charge on any atom is -0.466 e. The zero-order chi connectivity index (χ0) is 31.5. The van der Waals surface area contributed by atoms with Crippen LogP contribution in [0.3, 0.4) is 0 Å². The van der Waals surface area contributed by atoms with Gasteiger partial charge < -0.3 is 25.0 Å². The van der Waals surface area contributed by atoms with Gasteiger partial charge in [-0.1, -0.05) is 31.1 Å². The number of hydrogen-bond donors (Lipinski definition) is 4. The molecular weight excluding hydrogens is 559 g/mol. The molecule has 2 aromatic rings. The number of nitrogens with zero attached hydrogens (tertiary/aromatic N) is 1. The number of ketones is 1. The summed E-state index contributed by atoms with van der Waals surface area (Å²) in [6.07, 6.45) is 0.762. The normalized spacial score (nSPS) is 18.6. The van der Waals surface area contributed by atoms with E-state index in [1.54, 1.807) is 39.8 Å². The molecule has 1 aromatic heterocycles. The number of aryl methyl sites for hydroxylation is 1. The molecule has 1 aliphatic rings. The SMILES string of the molecule is CCOC(=O)CC[C@H](C[C@@H]1CCN[C@@H]1O)NC(=O)[C@@H](CC(=O)[C@@H](NC(=O)c1cc(C)on1)C(C)C)Cc1ccc(F)cc1. The van der Waals surface area contributed by atoms with Gasteiger partial charge in [-0.2, -0.15) is 0 Å². The number of rotatable bonds is 16. The lowest BCUT2D eigenvalue weighted by Crippen LogP contribution is -2.47.